The van der Waals surface area contributed by atoms with E-state index in [1.54, 1.807) is 0 Å². The fourth-order valence-corrected chi connectivity index (χ4v) is 3.26. The molecule has 0 spiro atoms. The second-order valence-electron chi connectivity index (χ2n) is 5.63. The highest BCUT2D eigenvalue weighted by Gasteiger charge is 2.21. The van der Waals surface area contributed by atoms with Crippen LogP contribution >= 0.6 is 11.5 Å². The third kappa shape index (κ3) is 2.94. The summed E-state index contributed by atoms with van der Waals surface area (Å²) < 4.78 is 5.83. The van der Waals surface area contributed by atoms with Gasteiger partial charge >= 0.3 is 0 Å². The number of amides is 1. The summed E-state index contributed by atoms with van der Waals surface area (Å²) in [6.45, 7) is 8.63. The minimum Gasteiger partial charge on any atom is -0.317 e. The average Bonchev–Trinajstić information content (AvgIpc) is 3.15. The van der Waals surface area contributed by atoms with Gasteiger partial charge in [0.25, 0.3) is 5.91 Å². The van der Waals surface area contributed by atoms with Gasteiger partial charge < -0.3 is 5.32 Å². The van der Waals surface area contributed by atoms with Crippen LogP contribution in [-0.4, -0.2) is 25.3 Å². The Balaban J connectivity index is 1.91. The van der Waals surface area contributed by atoms with Gasteiger partial charge in [0.1, 0.15) is 0 Å². The molecule has 0 aliphatic carbocycles. The van der Waals surface area contributed by atoms with Crippen LogP contribution in [0.5, 0.6) is 0 Å². The van der Waals surface area contributed by atoms with Crippen LogP contribution in [0.1, 0.15) is 34.4 Å². The molecule has 0 radical (unpaired) electrons. The first-order valence-electron chi connectivity index (χ1n) is 7.76. The van der Waals surface area contributed by atoms with Crippen LogP contribution in [0.3, 0.4) is 0 Å². The Morgan fingerprint density at radius 3 is 2.54 bits per heavy atom. The Morgan fingerprint density at radius 1 is 1.21 bits per heavy atom. The van der Waals surface area contributed by atoms with Crippen LogP contribution in [0, 0.1) is 20.8 Å². The molecule has 3 rings (SSSR count). The third-order valence-electron chi connectivity index (χ3n) is 3.94. The Hall–Kier alpha value is -2.54. The number of carbonyl (C=O) groups is 1. The Morgan fingerprint density at radius 2 is 1.92 bits per heavy atom. The summed E-state index contributed by atoms with van der Waals surface area (Å²) in [5.74, 6) is -0.263. The Bertz CT molecular complexity index is 879. The van der Waals surface area contributed by atoms with Crippen molar-refractivity contribution in [1.82, 2.24) is 19.4 Å². The monoisotopic (exact) mass is 341 g/mol. The summed E-state index contributed by atoms with van der Waals surface area (Å²) >= 11 is 1.22. The van der Waals surface area contributed by atoms with E-state index in [2.05, 4.69) is 20.0 Å². The van der Waals surface area contributed by atoms with Crippen LogP contribution in [0.2, 0.25) is 0 Å². The van der Waals surface area contributed by atoms with Gasteiger partial charge in [-0.15, -0.1) is 5.10 Å². The second-order valence-corrected chi connectivity index (χ2v) is 6.39. The lowest BCUT2D eigenvalue weighted by atomic mass is 10.1. The smallest absolute Gasteiger partial charge is 0.277 e. The molecule has 2 aromatic heterocycles. The van der Waals surface area contributed by atoms with Gasteiger partial charge in [-0.3, -0.25) is 9.48 Å². The predicted molar refractivity (Wildman–Crippen MR) is 95.4 cm³/mol. The molecule has 0 unspecified atom stereocenters. The molecule has 3 aromatic rings. The summed E-state index contributed by atoms with van der Waals surface area (Å²) in [6.07, 6.45) is 0. The molecule has 1 aromatic carbocycles. The van der Waals surface area contributed by atoms with E-state index >= 15 is 0 Å². The molecular formula is C17H19N5OS. The highest BCUT2D eigenvalue weighted by molar-refractivity contribution is 7.09. The van der Waals surface area contributed by atoms with Gasteiger partial charge in [-0.1, -0.05) is 34.3 Å². The number of benzene rings is 1. The molecule has 124 valence electrons. The van der Waals surface area contributed by atoms with Gasteiger partial charge in [-0.25, -0.2) is 0 Å². The fourth-order valence-electron chi connectivity index (χ4n) is 2.59. The second kappa shape index (κ2) is 6.52. The standard InChI is InChI=1S/C17H19N5OS/c1-5-22-12(4)14(11(3)20-22)18-17(23)15-16(24-21-19-15)13-8-6-10(2)7-9-13/h6-9H,5H2,1-4H3,(H,18,23). The van der Waals surface area contributed by atoms with Gasteiger partial charge in [0, 0.05) is 6.54 Å². The minimum atomic E-state index is -0.263. The van der Waals surface area contributed by atoms with Crippen molar-refractivity contribution in [2.75, 3.05) is 5.32 Å². The molecule has 24 heavy (non-hydrogen) atoms. The lowest BCUT2D eigenvalue weighted by molar-refractivity contribution is 0.102. The van der Waals surface area contributed by atoms with Crippen molar-refractivity contribution in [1.29, 1.82) is 0 Å². The minimum absolute atomic E-state index is 0.263. The molecule has 0 aliphatic rings. The zero-order chi connectivity index (χ0) is 17.3. The van der Waals surface area contributed by atoms with Gasteiger partial charge in [-0.2, -0.15) is 5.10 Å². The summed E-state index contributed by atoms with van der Waals surface area (Å²) in [4.78, 5) is 13.5. The zero-order valence-electron chi connectivity index (χ0n) is 14.1. The number of nitrogens with one attached hydrogen (secondary N) is 1. The first-order valence-corrected chi connectivity index (χ1v) is 8.53. The first kappa shape index (κ1) is 16.3. The van der Waals surface area contributed by atoms with Crippen molar-refractivity contribution >= 4 is 23.1 Å². The SMILES string of the molecule is CCn1nc(C)c(NC(=O)c2nnsc2-c2ccc(C)cc2)c1C. The topological polar surface area (TPSA) is 72.7 Å². The quantitative estimate of drug-likeness (QED) is 0.787. The zero-order valence-corrected chi connectivity index (χ0v) is 14.9. The maximum absolute atomic E-state index is 12.7. The van der Waals surface area contributed by atoms with Gasteiger partial charge in [-0.05, 0) is 44.8 Å². The fraction of sp³-hybridized carbons (Fsp3) is 0.294. The van der Waals surface area contributed by atoms with Crippen molar-refractivity contribution in [2.45, 2.75) is 34.2 Å². The van der Waals surface area contributed by atoms with Gasteiger partial charge in [0.2, 0.25) is 0 Å². The Kier molecular flexibility index (Phi) is 4.44. The molecule has 0 fully saturated rings. The molecule has 0 atom stereocenters. The highest BCUT2D eigenvalue weighted by atomic mass is 32.1. The summed E-state index contributed by atoms with van der Waals surface area (Å²) in [7, 11) is 0. The summed E-state index contributed by atoms with van der Waals surface area (Å²) in [5.41, 5.74) is 4.92. The number of hydrogen-bond donors (Lipinski definition) is 1. The number of aromatic nitrogens is 4. The van der Waals surface area contributed by atoms with Crippen molar-refractivity contribution in [3.8, 4) is 10.4 Å². The van der Waals surface area contributed by atoms with E-state index in [0.717, 1.165) is 34.1 Å². The molecule has 0 aliphatic heterocycles. The lowest BCUT2D eigenvalue weighted by Gasteiger charge is -2.06. The van der Waals surface area contributed by atoms with E-state index in [-0.39, 0.29) is 5.91 Å². The lowest BCUT2D eigenvalue weighted by Crippen LogP contribution is -2.14. The van der Waals surface area contributed by atoms with E-state index in [9.17, 15) is 4.79 Å². The van der Waals surface area contributed by atoms with Crippen LogP contribution in [-0.2, 0) is 6.54 Å². The molecule has 1 amide bonds. The number of aryl methyl sites for hydroxylation is 3. The van der Waals surface area contributed by atoms with E-state index < -0.39 is 0 Å². The highest BCUT2D eigenvalue weighted by Crippen LogP contribution is 2.28. The van der Waals surface area contributed by atoms with E-state index in [4.69, 9.17) is 0 Å². The largest absolute Gasteiger partial charge is 0.317 e. The van der Waals surface area contributed by atoms with E-state index in [1.807, 2.05) is 56.6 Å². The number of rotatable bonds is 4. The van der Waals surface area contributed by atoms with Crippen molar-refractivity contribution in [3.05, 3.63) is 46.9 Å². The molecule has 7 heteroatoms. The van der Waals surface area contributed by atoms with Crippen molar-refractivity contribution in [2.24, 2.45) is 0 Å². The summed E-state index contributed by atoms with van der Waals surface area (Å²) in [6, 6.07) is 7.98. The maximum atomic E-state index is 12.7. The molecule has 1 N–H and O–H groups in total. The van der Waals surface area contributed by atoms with E-state index in [0.29, 0.717) is 5.69 Å². The predicted octanol–water partition coefficient (Wildman–Crippen LogP) is 3.60. The number of nitrogens with zero attached hydrogens (tertiary/aromatic N) is 4. The average molecular weight is 341 g/mol. The van der Waals surface area contributed by atoms with Gasteiger partial charge in [0.05, 0.1) is 22.0 Å². The molecule has 2 heterocycles. The van der Waals surface area contributed by atoms with E-state index in [1.165, 1.54) is 17.1 Å². The number of hydrogen-bond acceptors (Lipinski definition) is 5. The maximum Gasteiger partial charge on any atom is 0.277 e. The van der Waals surface area contributed by atoms with Crippen LogP contribution in [0.25, 0.3) is 10.4 Å². The molecule has 0 saturated carbocycles. The van der Waals surface area contributed by atoms with Crippen molar-refractivity contribution < 1.29 is 4.79 Å². The molecular weight excluding hydrogens is 322 g/mol. The van der Waals surface area contributed by atoms with Crippen LogP contribution in [0.4, 0.5) is 5.69 Å². The van der Waals surface area contributed by atoms with Crippen LogP contribution < -0.4 is 5.32 Å². The molecule has 0 bridgehead atoms. The summed E-state index contributed by atoms with van der Waals surface area (Å²) in [5, 5.41) is 11.4. The number of carbonyl (C=O) groups excluding carboxylic acids is 1. The Labute approximate surface area is 144 Å². The van der Waals surface area contributed by atoms with Gasteiger partial charge in [0.15, 0.2) is 5.69 Å². The normalized spacial score (nSPS) is 10.8. The first-order chi connectivity index (χ1) is 11.5. The number of anilines is 1. The molecule has 6 nitrogen and oxygen atoms in total. The van der Waals surface area contributed by atoms with Crippen LogP contribution in [0.15, 0.2) is 24.3 Å². The van der Waals surface area contributed by atoms with Crippen molar-refractivity contribution in [3.63, 3.8) is 0 Å². The third-order valence-corrected chi connectivity index (χ3v) is 4.71. The molecule has 0 saturated heterocycles.